The van der Waals surface area contributed by atoms with Gasteiger partial charge in [0.15, 0.2) is 0 Å². The minimum atomic E-state index is -0.813. The molecule has 0 aliphatic carbocycles. The Morgan fingerprint density at radius 1 is 1.47 bits per heavy atom. The van der Waals surface area contributed by atoms with Crippen LogP contribution in [0.3, 0.4) is 0 Å². The van der Waals surface area contributed by atoms with Gasteiger partial charge in [-0.2, -0.15) is 0 Å². The first-order valence-electron chi connectivity index (χ1n) is 6.57. The largest absolute Gasteiger partial charge is 0.481 e. The SMILES string of the molecule is Cc1c(CC(=O)O)c2cccc3c2n1C(CO)CC3. The highest BCUT2D eigenvalue weighted by Crippen LogP contribution is 2.37. The minimum Gasteiger partial charge on any atom is -0.481 e. The van der Waals surface area contributed by atoms with Crippen LogP contribution < -0.4 is 0 Å². The van der Waals surface area contributed by atoms with Crippen LogP contribution >= 0.6 is 0 Å². The Morgan fingerprint density at radius 2 is 2.26 bits per heavy atom. The second-order valence-corrected chi connectivity index (χ2v) is 5.19. The molecule has 0 saturated heterocycles. The number of carboxylic acid groups (broad SMARTS) is 1. The van der Waals surface area contributed by atoms with Gasteiger partial charge in [-0.25, -0.2) is 0 Å². The molecule has 0 bridgehead atoms. The van der Waals surface area contributed by atoms with E-state index in [4.69, 9.17) is 5.11 Å². The molecule has 1 aromatic heterocycles. The Labute approximate surface area is 111 Å². The summed E-state index contributed by atoms with van der Waals surface area (Å²) in [4.78, 5) is 11.1. The van der Waals surface area contributed by atoms with Crippen LogP contribution in [0.1, 0.15) is 29.3 Å². The van der Waals surface area contributed by atoms with E-state index in [1.807, 2.05) is 19.1 Å². The molecule has 2 heterocycles. The summed E-state index contributed by atoms with van der Waals surface area (Å²) in [7, 11) is 0. The number of rotatable bonds is 3. The lowest BCUT2D eigenvalue weighted by Crippen LogP contribution is -2.20. The van der Waals surface area contributed by atoms with Gasteiger partial charge in [-0.05, 0) is 30.9 Å². The van der Waals surface area contributed by atoms with Gasteiger partial charge in [0, 0.05) is 11.1 Å². The molecule has 0 amide bonds. The van der Waals surface area contributed by atoms with Crippen molar-refractivity contribution in [1.82, 2.24) is 4.57 Å². The van der Waals surface area contributed by atoms with E-state index in [1.165, 1.54) is 5.56 Å². The molecule has 1 aromatic carbocycles. The highest BCUT2D eigenvalue weighted by Gasteiger charge is 2.26. The lowest BCUT2D eigenvalue weighted by Gasteiger charge is -2.25. The summed E-state index contributed by atoms with van der Waals surface area (Å²) in [6.07, 6.45) is 1.89. The maximum Gasteiger partial charge on any atom is 0.307 e. The van der Waals surface area contributed by atoms with Gasteiger partial charge in [0.25, 0.3) is 0 Å². The zero-order valence-corrected chi connectivity index (χ0v) is 10.9. The van der Waals surface area contributed by atoms with Gasteiger partial charge < -0.3 is 14.8 Å². The van der Waals surface area contributed by atoms with E-state index in [0.29, 0.717) is 0 Å². The summed E-state index contributed by atoms with van der Waals surface area (Å²) in [6, 6.07) is 6.14. The molecular weight excluding hydrogens is 242 g/mol. The van der Waals surface area contributed by atoms with Crippen LogP contribution in [0.5, 0.6) is 0 Å². The van der Waals surface area contributed by atoms with E-state index in [2.05, 4.69) is 10.6 Å². The normalized spacial score (nSPS) is 17.9. The van der Waals surface area contributed by atoms with Crippen molar-refractivity contribution in [2.45, 2.75) is 32.2 Å². The summed E-state index contributed by atoms with van der Waals surface area (Å²) in [5.41, 5.74) is 4.22. The number of para-hydroxylation sites is 1. The number of aromatic nitrogens is 1. The lowest BCUT2D eigenvalue weighted by atomic mass is 9.98. The van der Waals surface area contributed by atoms with Crippen molar-refractivity contribution >= 4 is 16.9 Å². The van der Waals surface area contributed by atoms with Gasteiger partial charge in [0.2, 0.25) is 0 Å². The number of carbonyl (C=O) groups is 1. The smallest absolute Gasteiger partial charge is 0.307 e. The average Bonchev–Trinajstić information content (AvgIpc) is 2.67. The Balaban J connectivity index is 2.32. The Kier molecular flexibility index (Phi) is 2.82. The van der Waals surface area contributed by atoms with E-state index in [0.717, 1.165) is 35.0 Å². The monoisotopic (exact) mass is 259 g/mol. The Bertz CT molecular complexity index is 657. The van der Waals surface area contributed by atoms with Crippen LogP contribution in [-0.2, 0) is 17.6 Å². The van der Waals surface area contributed by atoms with Crippen LogP contribution in [0, 0.1) is 6.92 Å². The topological polar surface area (TPSA) is 62.5 Å². The summed E-state index contributed by atoms with van der Waals surface area (Å²) >= 11 is 0. The molecule has 19 heavy (non-hydrogen) atoms. The van der Waals surface area contributed by atoms with Gasteiger partial charge in [0.1, 0.15) is 0 Å². The third-order valence-corrected chi connectivity index (χ3v) is 4.13. The van der Waals surface area contributed by atoms with Gasteiger partial charge in [-0.15, -0.1) is 0 Å². The molecule has 0 fully saturated rings. The van der Waals surface area contributed by atoms with E-state index in [-0.39, 0.29) is 19.1 Å². The number of aliphatic hydroxyl groups is 1. The molecule has 0 saturated carbocycles. The Hall–Kier alpha value is -1.81. The van der Waals surface area contributed by atoms with Gasteiger partial charge in [-0.3, -0.25) is 4.79 Å². The van der Waals surface area contributed by atoms with E-state index < -0.39 is 5.97 Å². The van der Waals surface area contributed by atoms with Gasteiger partial charge in [-0.1, -0.05) is 18.2 Å². The molecule has 1 unspecified atom stereocenters. The van der Waals surface area contributed by atoms with E-state index in [1.54, 1.807) is 0 Å². The second-order valence-electron chi connectivity index (χ2n) is 5.19. The van der Waals surface area contributed by atoms with Crippen molar-refractivity contribution in [2.75, 3.05) is 6.61 Å². The minimum absolute atomic E-state index is 0.0386. The fourth-order valence-electron chi connectivity index (χ4n) is 3.28. The van der Waals surface area contributed by atoms with Crippen molar-refractivity contribution in [1.29, 1.82) is 0 Å². The predicted molar refractivity (Wildman–Crippen MR) is 72.5 cm³/mol. The zero-order valence-electron chi connectivity index (χ0n) is 10.9. The van der Waals surface area contributed by atoms with Crippen LogP contribution in [0.4, 0.5) is 0 Å². The summed E-state index contributed by atoms with van der Waals surface area (Å²) in [6.45, 7) is 2.06. The predicted octanol–water partition coefficient (Wildman–Crippen LogP) is 2.06. The first-order valence-corrected chi connectivity index (χ1v) is 6.57. The molecule has 2 N–H and O–H groups in total. The highest BCUT2D eigenvalue weighted by atomic mass is 16.4. The van der Waals surface area contributed by atoms with E-state index in [9.17, 15) is 9.90 Å². The summed E-state index contributed by atoms with van der Waals surface area (Å²) in [5.74, 6) is -0.813. The maximum atomic E-state index is 11.1. The summed E-state index contributed by atoms with van der Waals surface area (Å²) in [5, 5.41) is 19.7. The molecule has 3 rings (SSSR count). The number of hydrogen-bond acceptors (Lipinski definition) is 2. The van der Waals surface area contributed by atoms with Crippen molar-refractivity contribution in [3.05, 3.63) is 35.0 Å². The number of nitrogens with zero attached hydrogens (tertiary/aromatic N) is 1. The molecule has 1 aliphatic heterocycles. The molecule has 0 radical (unpaired) electrons. The molecule has 4 nitrogen and oxygen atoms in total. The van der Waals surface area contributed by atoms with Gasteiger partial charge in [0.05, 0.1) is 24.6 Å². The van der Waals surface area contributed by atoms with Crippen LogP contribution in [0.25, 0.3) is 10.9 Å². The van der Waals surface area contributed by atoms with Crippen LogP contribution in [-0.4, -0.2) is 27.4 Å². The number of aliphatic carboxylic acids is 1. The summed E-state index contributed by atoms with van der Waals surface area (Å²) < 4.78 is 2.13. The molecule has 4 heteroatoms. The Morgan fingerprint density at radius 3 is 2.95 bits per heavy atom. The van der Waals surface area contributed by atoms with E-state index >= 15 is 0 Å². The number of benzene rings is 1. The molecule has 100 valence electrons. The van der Waals surface area contributed by atoms with Crippen LogP contribution in [0.15, 0.2) is 18.2 Å². The molecule has 1 aliphatic rings. The number of carboxylic acids is 1. The standard InChI is InChI=1S/C15H17NO3/c1-9-13(7-14(18)19)12-4-2-3-10-5-6-11(8-17)16(9)15(10)12/h2-4,11,17H,5-8H2,1H3,(H,18,19). The molecule has 2 aromatic rings. The third-order valence-electron chi connectivity index (χ3n) is 4.13. The third kappa shape index (κ3) is 1.75. The van der Waals surface area contributed by atoms with Crippen molar-refractivity contribution in [3.63, 3.8) is 0 Å². The van der Waals surface area contributed by atoms with Gasteiger partial charge >= 0.3 is 5.97 Å². The average molecular weight is 259 g/mol. The fraction of sp³-hybridized carbons (Fsp3) is 0.400. The fourth-order valence-corrected chi connectivity index (χ4v) is 3.28. The van der Waals surface area contributed by atoms with Crippen LogP contribution in [0.2, 0.25) is 0 Å². The quantitative estimate of drug-likeness (QED) is 0.886. The number of hydrogen-bond donors (Lipinski definition) is 2. The van der Waals surface area contributed by atoms with Crippen molar-refractivity contribution in [3.8, 4) is 0 Å². The molecule has 0 spiro atoms. The molecular formula is C15H17NO3. The first-order chi connectivity index (χ1) is 9.13. The lowest BCUT2D eigenvalue weighted by molar-refractivity contribution is -0.136. The van der Waals surface area contributed by atoms with Crippen molar-refractivity contribution < 1.29 is 15.0 Å². The number of aliphatic hydroxyl groups excluding tert-OH is 1. The maximum absolute atomic E-state index is 11.1. The zero-order chi connectivity index (χ0) is 13.6. The molecule has 1 atom stereocenters. The van der Waals surface area contributed by atoms with Crippen molar-refractivity contribution in [2.24, 2.45) is 0 Å². The highest BCUT2D eigenvalue weighted by molar-refractivity contribution is 5.91. The first kappa shape index (κ1) is 12.2. The number of aryl methyl sites for hydroxylation is 1. The second kappa shape index (κ2) is 4.38.